The van der Waals surface area contributed by atoms with Gasteiger partial charge in [0.1, 0.15) is 0 Å². The van der Waals surface area contributed by atoms with Crippen molar-refractivity contribution in [3.63, 3.8) is 0 Å². The number of hydrogen-bond acceptors (Lipinski definition) is 4. The highest BCUT2D eigenvalue weighted by molar-refractivity contribution is 6.30. The van der Waals surface area contributed by atoms with E-state index < -0.39 is 0 Å². The number of benzene rings is 1. The lowest BCUT2D eigenvalue weighted by atomic mass is 10.2. The molecule has 0 bridgehead atoms. The maximum atomic E-state index is 6.01. The van der Waals surface area contributed by atoms with Crippen LogP contribution in [0.4, 0.5) is 0 Å². The molecule has 17 heavy (non-hydrogen) atoms. The largest absolute Gasteiger partial charge is 0.334 e. The van der Waals surface area contributed by atoms with Crippen LogP contribution >= 0.6 is 11.6 Å². The molecule has 5 heteroatoms. The molecule has 1 atom stereocenters. The zero-order valence-corrected chi connectivity index (χ0v) is 9.89. The Hall–Kier alpha value is -1.39. The first-order valence-electron chi connectivity index (χ1n) is 5.59. The number of halogens is 1. The third kappa shape index (κ3) is 2.18. The van der Waals surface area contributed by atoms with Gasteiger partial charge in [0.25, 0.3) is 5.89 Å². The number of aromatic nitrogens is 2. The molecule has 3 rings (SSSR count). The van der Waals surface area contributed by atoms with Crippen molar-refractivity contribution in [3.8, 4) is 11.5 Å². The summed E-state index contributed by atoms with van der Waals surface area (Å²) in [6.07, 6.45) is 2.31. The van der Waals surface area contributed by atoms with Gasteiger partial charge in [0, 0.05) is 10.6 Å². The van der Waals surface area contributed by atoms with E-state index in [1.54, 1.807) is 12.1 Å². The van der Waals surface area contributed by atoms with Crippen LogP contribution in [0, 0.1) is 5.92 Å². The van der Waals surface area contributed by atoms with Crippen molar-refractivity contribution in [2.24, 2.45) is 11.7 Å². The number of nitrogens with two attached hydrogens (primary N) is 1. The van der Waals surface area contributed by atoms with Crippen molar-refractivity contribution in [3.05, 3.63) is 35.1 Å². The van der Waals surface area contributed by atoms with Crippen LogP contribution in [0.25, 0.3) is 11.5 Å². The van der Waals surface area contributed by atoms with E-state index in [1.165, 1.54) is 0 Å². The molecule has 0 aliphatic heterocycles. The summed E-state index contributed by atoms with van der Waals surface area (Å²) in [6, 6.07) is 7.22. The molecule has 1 aliphatic rings. The quantitative estimate of drug-likeness (QED) is 0.908. The van der Waals surface area contributed by atoms with Crippen LogP contribution in [0.15, 0.2) is 28.8 Å². The minimum Gasteiger partial charge on any atom is -0.334 e. The van der Waals surface area contributed by atoms with E-state index >= 15 is 0 Å². The Kier molecular flexibility index (Phi) is 2.61. The summed E-state index contributed by atoms with van der Waals surface area (Å²) in [6.45, 7) is 0. The van der Waals surface area contributed by atoms with Gasteiger partial charge in [0.15, 0.2) is 5.82 Å². The lowest BCUT2D eigenvalue weighted by Gasteiger charge is -2.01. The topological polar surface area (TPSA) is 64.9 Å². The van der Waals surface area contributed by atoms with Gasteiger partial charge < -0.3 is 10.3 Å². The molecular formula is C12H12ClN3O. The van der Waals surface area contributed by atoms with E-state index in [0.717, 1.165) is 18.4 Å². The molecule has 0 spiro atoms. The van der Waals surface area contributed by atoms with Crippen LogP contribution in [0.3, 0.4) is 0 Å². The summed E-state index contributed by atoms with van der Waals surface area (Å²) < 4.78 is 5.21. The minimum atomic E-state index is -0.105. The molecule has 2 N–H and O–H groups in total. The Bertz CT molecular complexity index is 536. The Morgan fingerprint density at radius 1 is 1.41 bits per heavy atom. The molecule has 0 radical (unpaired) electrons. The SMILES string of the molecule is NC(c1noc(-c2cccc(Cl)c2)n1)C1CC1. The summed E-state index contributed by atoms with van der Waals surface area (Å²) in [4.78, 5) is 4.32. The summed E-state index contributed by atoms with van der Waals surface area (Å²) in [7, 11) is 0. The van der Waals surface area contributed by atoms with Crippen molar-refractivity contribution in [1.29, 1.82) is 0 Å². The van der Waals surface area contributed by atoms with Gasteiger partial charge in [-0.25, -0.2) is 0 Å². The highest BCUT2D eigenvalue weighted by Gasteiger charge is 2.32. The molecular weight excluding hydrogens is 238 g/mol. The predicted octanol–water partition coefficient (Wildman–Crippen LogP) is 2.80. The molecule has 1 aromatic heterocycles. The summed E-state index contributed by atoms with van der Waals surface area (Å²) in [5.41, 5.74) is 6.83. The molecule has 4 nitrogen and oxygen atoms in total. The second kappa shape index (κ2) is 4.13. The molecule has 1 saturated carbocycles. The van der Waals surface area contributed by atoms with Crippen molar-refractivity contribution in [2.75, 3.05) is 0 Å². The monoisotopic (exact) mass is 249 g/mol. The Labute approximate surface area is 104 Å². The average Bonchev–Trinajstić information content (AvgIpc) is 3.05. The number of hydrogen-bond donors (Lipinski definition) is 1. The van der Waals surface area contributed by atoms with E-state index in [9.17, 15) is 0 Å². The van der Waals surface area contributed by atoms with Gasteiger partial charge >= 0.3 is 0 Å². The maximum Gasteiger partial charge on any atom is 0.258 e. The van der Waals surface area contributed by atoms with Gasteiger partial charge in [-0.05, 0) is 37.0 Å². The molecule has 1 aromatic carbocycles. The van der Waals surface area contributed by atoms with Crippen LogP contribution in [0.2, 0.25) is 5.02 Å². The standard InChI is InChI=1S/C12H12ClN3O/c13-9-3-1-2-8(6-9)12-15-11(16-17-12)10(14)7-4-5-7/h1-3,6-7,10H,4-5,14H2. The number of rotatable bonds is 3. The van der Waals surface area contributed by atoms with Gasteiger partial charge in [0.2, 0.25) is 0 Å². The molecule has 1 aliphatic carbocycles. The van der Waals surface area contributed by atoms with Crippen molar-refractivity contribution in [1.82, 2.24) is 10.1 Å². The molecule has 2 aromatic rings. The van der Waals surface area contributed by atoms with Crippen LogP contribution in [-0.2, 0) is 0 Å². The minimum absolute atomic E-state index is 0.105. The fourth-order valence-electron chi connectivity index (χ4n) is 1.78. The zero-order valence-electron chi connectivity index (χ0n) is 9.14. The Morgan fingerprint density at radius 3 is 2.94 bits per heavy atom. The zero-order chi connectivity index (χ0) is 11.8. The molecule has 88 valence electrons. The smallest absolute Gasteiger partial charge is 0.258 e. The van der Waals surface area contributed by atoms with E-state index in [0.29, 0.717) is 22.7 Å². The van der Waals surface area contributed by atoms with Gasteiger partial charge in [-0.2, -0.15) is 4.98 Å². The molecule has 1 unspecified atom stereocenters. The normalized spacial score (nSPS) is 17.1. The third-order valence-electron chi connectivity index (χ3n) is 2.94. The highest BCUT2D eigenvalue weighted by atomic mass is 35.5. The van der Waals surface area contributed by atoms with Crippen molar-refractivity contribution >= 4 is 11.6 Å². The maximum absolute atomic E-state index is 6.01. The van der Waals surface area contributed by atoms with Gasteiger partial charge in [-0.15, -0.1) is 0 Å². The lowest BCUT2D eigenvalue weighted by molar-refractivity contribution is 0.411. The van der Waals surface area contributed by atoms with Crippen molar-refractivity contribution in [2.45, 2.75) is 18.9 Å². The second-order valence-electron chi connectivity index (χ2n) is 4.33. The molecule has 0 amide bonds. The first kappa shape index (κ1) is 10.7. The summed E-state index contributed by atoms with van der Waals surface area (Å²) >= 11 is 5.91. The lowest BCUT2D eigenvalue weighted by Crippen LogP contribution is -2.13. The number of nitrogens with zero attached hydrogens (tertiary/aromatic N) is 2. The summed E-state index contributed by atoms with van der Waals surface area (Å²) in [5.74, 6) is 1.57. The van der Waals surface area contributed by atoms with Crippen molar-refractivity contribution < 1.29 is 4.52 Å². The second-order valence-corrected chi connectivity index (χ2v) is 4.77. The average molecular weight is 250 g/mol. The first-order valence-corrected chi connectivity index (χ1v) is 5.97. The van der Waals surface area contributed by atoms with Gasteiger partial charge in [0.05, 0.1) is 6.04 Å². The predicted molar refractivity (Wildman–Crippen MR) is 64.4 cm³/mol. The Balaban J connectivity index is 1.89. The fourth-order valence-corrected chi connectivity index (χ4v) is 1.97. The molecule has 1 fully saturated rings. The van der Waals surface area contributed by atoms with Crippen LogP contribution in [0.1, 0.15) is 24.7 Å². The Morgan fingerprint density at radius 2 is 2.24 bits per heavy atom. The summed E-state index contributed by atoms with van der Waals surface area (Å²) in [5, 5.41) is 4.58. The van der Waals surface area contributed by atoms with Crippen LogP contribution in [-0.4, -0.2) is 10.1 Å². The fraction of sp³-hybridized carbons (Fsp3) is 0.333. The first-order chi connectivity index (χ1) is 8.24. The van der Waals surface area contributed by atoms with Crippen LogP contribution in [0.5, 0.6) is 0 Å². The molecule has 1 heterocycles. The van der Waals surface area contributed by atoms with E-state index in [2.05, 4.69) is 10.1 Å². The van der Waals surface area contributed by atoms with E-state index in [1.807, 2.05) is 12.1 Å². The third-order valence-corrected chi connectivity index (χ3v) is 3.18. The van der Waals surface area contributed by atoms with E-state index in [4.69, 9.17) is 21.9 Å². The molecule has 0 saturated heterocycles. The van der Waals surface area contributed by atoms with E-state index in [-0.39, 0.29) is 6.04 Å². The highest BCUT2D eigenvalue weighted by Crippen LogP contribution is 2.38. The van der Waals surface area contributed by atoms with Gasteiger partial charge in [-0.3, -0.25) is 0 Å². The van der Waals surface area contributed by atoms with Gasteiger partial charge in [-0.1, -0.05) is 22.8 Å². The van der Waals surface area contributed by atoms with Crippen LogP contribution < -0.4 is 5.73 Å².